The Labute approximate surface area is 73.8 Å². The van der Waals surface area contributed by atoms with E-state index in [0.29, 0.717) is 19.1 Å². The minimum Gasteiger partial charge on any atom is -0.396 e. The first-order valence-corrected chi connectivity index (χ1v) is 4.53. The predicted octanol–water partition coefficient (Wildman–Crippen LogP) is 0.610. The highest BCUT2D eigenvalue weighted by molar-refractivity contribution is 4.73. The lowest BCUT2D eigenvalue weighted by Gasteiger charge is -2.29. The van der Waals surface area contributed by atoms with Gasteiger partial charge in [-0.15, -0.1) is 0 Å². The zero-order valence-electron chi connectivity index (χ0n) is 7.37. The van der Waals surface area contributed by atoms with Gasteiger partial charge in [0, 0.05) is 6.61 Å². The summed E-state index contributed by atoms with van der Waals surface area (Å²) >= 11 is 0. The summed E-state index contributed by atoms with van der Waals surface area (Å²) in [5.74, 6) is 0.509. The van der Waals surface area contributed by atoms with Gasteiger partial charge in [-0.1, -0.05) is 0 Å². The molecule has 1 aliphatic rings. The van der Waals surface area contributed by atoms with Gasteiger partial charge in [0.1, 0.15) is 0 Å². The molecule has 68 valence electrons. The van der Waals surface area contributed by atoms with E-state index in [-0.39, 0.29) is 0 Å². The number of aliphatic hydroxyl groups is 1. The molecule has 0 bridgehead atoms. The average Bonchev–Trinajstić information content (AvgIpc) is 2.15. The van der Waals surface area contributed by atoms with Crippen LogP contribution in [0.2, 0.25) is 0 Å². The molecule has 0 aromatic heterocycles. The smallest absolute Gasteiger partial charge is 0.227 e. The molecule has 0 aromatic rings. The monoisotopic (exact) mass is 168 g/mol. The quantitative estimate of drug-likeness (QED) is 0.625. The first-order chi connectivity index (χ1) is 5.86. The van der Waals surface area contributed by atoms with Crippen molar-refractivity contribution >= 4 is 0 Å². The fourth-order valence-corrected chi connectivity index (χ4v) is 1.58. The Kier molecular flexibility index (Phi) is 4.06. The van der Waals surface area contributed by atoms with E-state index in [9.17, 15) is 0 Å². The molecule has 3 nitrogen and oxygen atoms in total. The largest absolute Gasteiger partial charge is 0.396 e. The van der Waals surface area contributed by atoms with Crippen LogP contribution in [-0.2, 0) is 0 Å². The molecule has 1 rings (SSSR count). The van der Waals surface area contributed by atoms with Gasteiger partial charge in [0.15, 0.2) is 0 Å². The molecule has 0 spiro atoms. The molecule has 0 radical (unpaired) electrons. The summed E-state index contributed by atoms with van der Waals surface area (Å²) in [6.07, 6.45) is 2.18. The number of hydrogen-bond acceptors (Lipinski definition) is 2. The Morgan fingerprint density at radius 2 is 2.08 bits per heavy atom. The van der Waals surface area contributed by atoms with Crippen molar-refractivity contribution in [2.24, 2.45) is 5.92 Å². The van der Waals surface area contributed by atoms with Crippen molar-refractivity contribution in [1.82, 2.24) is 4.90 Å². The molecule has 0 saturated carbocycles. The third kappa shape index (κ3) is 2.80. The van der Waals surface area contributed by atoms with E-state index in [1.54, 1.807) is 0 Å². The highest BCUT2D eigenvalue weighted by Crippen LogP contribution is 2.15. The highest BCUT2D eigenvalue weighted by Gasteiger charge is 2.18. The maximum Gasteiger partial charge on any atom is 0.227 e. The zero-order chi connectivity index (χ0) is 8.81. The second-order valence-corrected chi connectivity index (χ2v) is 3.35. The minimum atomic E-state index is 0.330. The van der Waals surface area contributed by atoms with Crippen molar-refractivity contribution in [2.45, 2.75) is 12.8 Å². The normalized spacial score (nSPS) is 20.7. The number of hydrogen-bond donors (Lipinski definition) is 1. The number of piperidine rings is 1. The molecule has 1 aliphatic heterocycles. The zero-order valence-corrected chi connectivity index (χ0v) is 7.37. The van der Waals surface area contributed by atoms with E-state index in [1.165, 1.54) is 0 Å². The van der Waals surface area contributed by atoms with Crippen LogP contribution in [0.25, 0.3) is 4.85 Å². The van der Waals surface area contributed by atoms with Crippen LogP contribution >= 0.6 is 0 Å². The van der Waals surface area contributed by atoms with E-state index >= 15 is 0 Å². The van der Waals surface area contributed by atoms with Gasteiger partial charge in [0.25, 0.3) is 0 Å². The molecule has 0 unspecified atom stereocenters. The van der Waals surface area contributed by atoms with Gasteiger partial charge in [0.05, 0.1) is 6.54 Å². The highest BCUT2D eigenvalue weighted by atomic mass is 16.3. The van der Waals surface area contributed by atoms with Crippen LogP contribution in [0.15, 0.2) is 0 Å². The fourth-order valence-electron chi connectivity index (χ4n) is 1.58. The molecular formula is C9H16N2O. The van der Waals surface area contributed by atoms with Gasteiger partial charge in [-0.3, -0.25) is 4.90 Å². The van der Waals surface area contributed by atoms with Crippen LogP contribution in [0.1, 0.15) is 12.8 Å². The van der Waals surface area contributed by atoms with E-state index in [0.717, 1.165) is 32.5 Å². The van der Waals surface area contributed by atoms with Crippen LogP contribution in [0.5, 0.6) is 0 Å². The van der Waals surface area contributed by atoms with Gasteiger partial charge >= 0.3 is 0 Å². The van der Waals surface area contributed by atoms with Gasteiger partial charge in [0.2, 0.25) is 6.54 Å². The summed E-state index contributed by atoms with van der Waals surface area (Å²) in [5.41, 5.74) is 0. The van der Waals surface area contributed by atoms with Crippen LogP contribution in [-0.4, -0.2) is 42.8 Å². The van der Waals surface area contributed by atoms with Gasteiger partial charge in [-0.2, -0.15) is 0 Å². The summed E-state index contributed by atoms with van der Waals surface area (Å²) in [6, 6.07) is 0. The third-order valence-electron chi connectivity index (χ3n) is 2.49. The van der Waals surface area contributed by atoms with Crippen molar-refractivity contribution < 1.29 is 5.11 Å². The lowest BCUT2D eigenvalue weighted by atomic mass is 9.98. The number of rotatable bonds is 3. The molecule has 1 N–H and O–H groups in total. The molecular weight excluding hydrogens is 152 g/mol. The van der Waals surface area contributed by atoms with Crippen LogP contribution in [0, 0.1) is 12.5 Å². The fraction of sp³-hybridized carbons (Fsp3) is 0.889. The molecule has 0 atom stereocenters. The van der Waals surface area contributed by atoms with Crippen LogP contribution in [0.3, 0.4) is 0 Å². The second kappa shape index (κ2) is 5.13. The maximum atomic E-state index is 8.89. The Hall–Kier alpha value is -0.590. The lowest BCUT2D eigenvalue weighted by Crippen LogP contribution is -2.36. The van der Waals surface area contributed by atoms with Crippen LogP contribution in [0.4, 0.5) is 0 Å². The Morgan fingerprint density at radius 3 is 2.58 bits per heavy atom. The van der Waals surface area contributed by atoms with Crippen molar-refractivity contribution in [3.8, 4) is 0 Å². The number of aliphatic hydroxyl groups excluding tert-OH is 1. The summed E-state index contributed by atoms with van der Waals surface area (Å²) in [5, 5.41) is 8.89. The molecule has 1 heterocycles. The molecule has 12 heavy (non-hydrogen) atoms. The Balaban J connectivity index is 2.14. The molecule has 1 fully saturated rings. The summed E-state index contributed by atoms with van der Waals surface area (Å²) in [7, 11) is 0. The van der Waals surface area contributed by atoms with Crippen LogP contribution < -0.4 is 0 Å². The van der Waals surface area contributed by atoms with Gasteiger partial charge in [-0.05, 0) is 31.8 Å². The van der Waals surface area contributed by atoms with E-state index in [2.05, 4.69) is 9.74 Å². The molecule has 0 amide bonds. The van der Waals surface area contributed by atoms with Gasteiger partial charge < -0.3 is 9.95 Å². The molecule has 3 heteroatoms. The summed E-state index contributed by atoms with van der Waals surface area (Å²) < 4.78 is 0. The van der Waals surface area contributed by atoms with Gasteiger partial charge in [-0.25, -0.2) is 6.57 Å². The Morgan fingerprint density at radius 1 is 1.42 bits per heavy atom. The van der Waals surface area contributed by atoms with Crippen molar-refractivity contribution in [3.05, 3.63) is 11.4 Å². The molecule has 0 aromatic carbocycles. The number of nitrogens with zero attached hydrogens (tertiary/aromatic N) is 2. The van der Waals surface area contributed by atoms with E-state index in [4.69, 9.17) is 11.7 Å². The first-order valence-electron chi connectivity index (χ1n) is 4.53. The standard InChI is InChI=1S/C9H16N2O/c1-10-4-7-11-5-2-9(8-12)3-6-11/h9,12H,2-8H2. The minimum absolute atomic E-state index is 0.330. The second-order valence-electron chi connectivity index (χ2n) is 3.35. The number of likely N-dealkylation sites (tertiary alicyclic amines) is 1. The van der Waals surface area contributed by atoms with E-state index < -0.39 is 0 Å². The predicted molar refractivity (Wildman–Crippen MR) is 47.7 cm³/mol. The Bertz CT molecular complexity index is 156. The third-order valence-corrected chi connectivity index (χ3v) is 2.49. The van der Waals surface area contributed by atoms with Crippen molar-refractivity contribution in [3.63, 3.8) is 0 Å². The van der Waals surface area contributed by atoms with Crippen molar-refractivity contribution in [2.75, 3.05) is 32.8 Å². The molecule has 0 aliphatic carbocycles. The lowest BCUT2D eigenvalue weighted by molar-refractivity contribution is 0.135. The summed E-state index contributed by atoms with van der Waals surface area (Å²) in [4.78, 5) is 5.64. The topological polar surface area (TPSA) is 27.8 Å². The van der Waals surface area contributed by atoms with Crippen molar-refractivity contribution in [1.29, 1.82) is 0 Å². The van der Waals surface area contributed by atoms with E-state index in [1.807, 2.05) is 0 Å². The molecule has 1 saturated heterocycles. The SMILES string of the molecule is [C-]#[N+]CCN1CCC(CO)CC1. The summed E-state index contributed by atoms with van der Waals surface area (Å²) in [6.45, 7) is 10.6. The first kappa shape index (κ1) is 9.50. The average molecular weight is 168 g/mol. The maximum absolute atomic E-state index is 8.89.